The quantitative estimate of drug-likeness (QED) is 0.656. The third kappa shape index (κ3) is 3.98. The summed E-state index contributed by atoms with van der Waals surface area (Å²) < 4.78 is 10.9. The number of carbonyl (C=O) groups excluding carboxylic acids is 2. The van der Waals surface area contributed by atoms with Gasteiger partial charge in [-0.25, -0.2) is 4.98 Å². The predicted octanol–water partition coefficient (Wildman–Crippen LogP) is 3.47. The van der Waals surface area contributed by atoms with Crippen LogP contribution in [0.4, 0.5) is 5.69 Å². The van der Waals surface area contributed by atoms with Crippen LogP contribution < -0.4 is 15.4 Å². The van der Waals surface area contributed by atoms with E-state index < -0.39 is 0 Å². The molecule has 7 nitrogen and oxygen atoms in total. The average Bonchev–Trinajstić information content (AvgIpc) is 3.47. The van der Waals surface area contributed by atoms with Crippen molar-refractivity contribution in [2.45, 2.75) is 25.2 Å². The van der Waals surface area contributed by atoms with Crippen LogP contribution in [-0.2, 0) is 4.79 Å². The lowest BCUT2D eigenvalue weighted by Crippen LogP contribution is -2.28. The second-order valence-electron chi connectivity index (χ2n) is 6.76. The molecule has 1 saturated carbocycles. The maximum Gasteiger partial charge on any atom is 0.255 e. The van der Waals surface area contributed by atoms with E-state index in [1.165, 1.54) is 7.11 Å². The molecule has 0 saturated heterocycles. The van der Waals surface area contributed by atoms with Crippen LogP contribution in [0.1, 0.15) is 41.4 Å². The number of oxazole rings is 1. The first kappa shape index (κ1) is 18.0. The minimum absolute atomic E-state index is 0.158. The number of amides is 2. The molecular weight excluding hydrogens is 358 g/mol. The van der Waals surface area contributed by atoms with E-state index in [0.29, 0.717) is 22.9 Å². The SMILES string of the molecule is COc1ccccc1C(=O)NCCC(=O)Nc1ccc2oc(C3CC3)nc2c1. The second-order valence-corrected chi connectivity index (χ2v) is 6.76. The largest absolute Gasteiger partial charge is 0.496 e. The van der Waals surface area contributed by atoms with Crippen LogP contribution in [0.3, 0.4) is 0 Å². The number of para-hydroxylation sites is 1. The van der Waals surface area contributed by atoms with Gasteiger partial charge in [0.2, 0.25) is 5.91 Å². The van der Waals surface area contributed by atoms with E-state index in [0.717, 1.165) is 29.8 Å². The number of anilines is 1. The number of ether oxygens (including phenoxy) is 1. The van der Waals surface area contributed by atoms with Gasteiger partial charge in [-0.3, -0.25) is 9.59 Å². The van der Waals surface area contributed by atoms with Crippen molar-refractivity contribution in [3.05, 3.63) is 53.9 Å². The summed E-state index contributed by atoms with van der Waals surface area (Å²) in [6.07, 6.45) is 2.40. The first-order chi connectivity index (χ1) is 13.6. The average molecular weight is 379 g/mol. The van der Waals surface area contributed by atoms with E-state index in [4.69, 9.17) is 9.15 Å². The Morgan fingerprint density at radius 3 is 2.82 bits per heavy atom. The lowest BCUT2D eigenvalue weighted by molar-refractivity contribution is -0.116. The second kappa shape index (κ2) is 7.72. The van der Waals surface area contributed by atoms with Crippen molar-refractivity contribution in [3.63, 3.8) is 0 Å². The van der Waals surface area contributed by atoms with Gasteiger partial charge in [-0.2, -0.15) is 0 Å². The third-order valence-electron chi connectivity index (χ3n) is 4.60. The fraction of sp³-hybridized carbons (Fsp3) is 0.286. The lowest BCUT2D eigenvalue weighted by atomic mass is 10.2. The summed E-state index contributed by atoms with van der Waals surface area (Å²) in [5.74, 6) is 1.25. The first-order valence-electron chi connectivity index (χ1n) is 9.25. The van der Waals surface area contributed by atoms with E-state index in [1.54, 1.807) is 36.4 Å². The van der Waals surface area contributed by atoms with Crippen molar-refractivity contribution in [2.75, 3.05) is 19.0 Å². The molecule has 144 valence electrons. The molecule has 4 rings (SSSR count). The number of nitrogens with zero attached hydrogens (tertiary/aromatic N) is 1. The van der Waals surface area contributed by atoms with Gasteiger partial charge in [0.25, 0.3) is 5.91 Å². The van der Waals surface area contributed by atoms with Crippen molar-refractivity contribution in [1.82, 2.24) is 10.3 Å². The summed E-state index contributed by atoms with van der Waals surface area (Å²) in [5.41, 5.74) is 2.56. The van der Waals surface area contributed by atoms with Gasteiger partial charge >= 0.3 is 0 Å². The number of hydrogen-bond acceptors (Lipinski definition) is 5. The highest BCUT2D eigenvalue weighted by atomic mass is 16.5. The number of fused-ring (bicyclic) bond motifs is 1. The van der Waals surface area contributed by atoms with Gasteiger partial charge in [-0.1, -0.05) is 12.1 Å². The Morgan fingerprint density at radius 1 is 1.21 bits per heavy atom. The molecular formula is C21H21N3O4. The standard InChI is InChI=1S/C21H21N3O4/c1-27-17-5-3-2-4-15(17)20(26)22-11-10-19(25)23-14-8-9-18-16(12-14)24-21(28-18)13-6-7-13/h2-5,8-9,12-13H,6-7,10-11H2,1H3,(H,22,26)(H,23,25). The van der Waals surface area contributed by atoms with Crippen LogP contribution in [0.2, 0.25) is 0 Å². The lowest BCUT2D eigenvalue weighted by Gasteiger charge is -2.09. The summed E-state index contributed by atoms with van der Waals surface area (Å²) in [6.45, 7) is 0.223. The van der Waals surface area contributed by atoms with Gasteiger partial charge in [0.1, 0.15) is 11.3 Å². The molecule has 7 heteroatoms. The number of methoxy groups -OCH3 is 1. The zero-order chi connectivity index (χ0) is 19.5. The summed E-state index contributed by atoms with van der Waals surface area (Å²) in [6, 6.07) is 12.4. The number of hydrogen-bond donors (Lipinski definition) is 2. The van der Waals surface area contributed by atoms with Crippen LogP contribution >= 0.6 is 0 Å². The van der Waals surface area contributed by atoms with Gasteiger partial charge < -0.3 is 19.8 Å². The molecule has 1 aromatic heterocycles. The minimum atomic E-state index is -0.276. The Balaban J connectivity index is 1.30. The number of carbonyl (C=O) groups is 2. The third-order valence-corrected chi connectivity index (χ3v) is 4.60. The van der Waals surface area contributed by atoms with Crippen LogP contribution in [0.5, 0.6) is 5.75 Å². The number of rotatable bonds is 7. The van der Waals surface area contributed by atoms with Crippen molar-refractivity contribution in [1.29, 1.82) is 0 Å². The first-order valence-corrected chi connectivity index (χ1v) is 9.25. The molecule has 1 heterocycles. The Hall–Kier alpha value is -3.35. The summed E-state index contributed by atoms with van der Waals surface area (Å²) in [4.78, 5) is 28.9. The Bertz CT molecular complexity index is 1020. The molecule has 1 aliphatic carbocycles. The molecule has 0 spiro atoms. The fourth-order valence-electron chi connectivity index (χ4n) is 2.97. The van der Waals surface area contributed by atoms with Gasteiger partial charge in [-0.15, -0.1) is 0 Å². The molecule has 1 fully saturated rings. The van der Waals surface area contributed by atoms with Crippen molar-refractivity contribution < 1.29 is 18.7 Å². The molecule has 1 aliphatic rings. The van der Waals surface area contributed by atoms with E-state index in [-0.39, 0.29) is 24.8 Å². The monoisotopic (exact) mass is 379 g/mol. The van der Waals surface area contributed by atoms with Crippen LogP contribution in [0.25, 0.3) is 11.1 Å². The fourth-order valence-corrected chi connectivity index (χ4v) is 2.97. The normalized spacial score (nSPS) is 13.3. The van der Waals surface area contributed by atoms with Crippen LogP contribution in [0, 0.1) is 0 Å². The van der Waals surface area contributed by atoms with Gasteiger partial charge in [0.15, 0.2) is 11.5 Å². The van der Waals surface area contributed by atoms with Crippen molar-refractivity contribution >= 4 is 28.6 Å². The van der Waals surface area contributed by atoms with E-state index >= 15 is 0 Å². The zero-order valence-corrected chi connectivity index (χ0v) is 15.5. The summed E-state index contributed by atoms with van der Waals surface area (Å²) in [5, 5.41) is 5.56. The highest BCUT2D eigenvalue weighted by molar-refractivity contribution is 5.97. The van der Waals surface area contributed by atoms with E-state index in [1.807, 2.05) is 6.07 Å². The highest BCUT2D eigenvalue weighted by Crippen LogP contribution is 2.40. The number of aromatic nitrogens is 1. The summed E-state index contributed by atoms with van der Waals surface area (Å²) in [7, 11) is 1.51. The molecule has 0 aliphatic heterocycles. The molecule has 0 bridgehead atoms. The highest BCUT2D eigenvalue weighted by Gasteiger charge is 2.28. The molecule has 2 aromatic carbocycles. The van der Waals surface area contributed by atoms with E-state index in [9.17, 15) is 9.59 Å². The number of nitrogens with one attached hydrogen (secondary N) is 2. The smallest absolute Gasteiger partial charge is 0.255 e. The topological polar surface area (TPSA) is 93.5 Å². The minimum Gasteiger partial charge on any atom is -0.496 e. The zero-order valence-electron chi connectivity index (χ0n) is 15.5. The Morgan fingerprint density at radius 2 is 2.04 bits per heavy atom. The van der Waals surface area contributed by atoms with Gasteiger partial charge in [0.05, 0.1) is 12.7 Å². The molecule has 3 aromatic rings. The summed E-state index contributed by atoms with van der Waals surface area (Å²) >= 11 is 0. The van der Waals surface area contributed by atoms with Crippen molar-refractivity contribution in [3.8, 4) is 5.75 Å². The van der Waals surface area contributed by atoms with Gasteiger partial charge in [0, 0.05) is 24.6 Å². The molecule has 0 unspecified atom stereocenters. The number of benzene rings is 2. The maximum absolute atomic E-state index is 12.2. The molecule has 0 radical (unpaired) electrons. The predicted molar refractivity (Wildman–Crippen MR) is 105 cm³/mol. The molecule has 28 heavy (non-hydrogen) atoms. The molecule has 2 N–H and O–H groups in total. The maximum atomic E-state index is 12.2. The molecule has 0 atom stereocenters. The Kier molecular flexibility index (Phi) is 4.97. The van der Waals surface area contributed by atoms with Crippen LogP contribution in [-0.4, -0.2) is 30.5 Å². The van der Waals surface area contributed by atoms with Crippen molar-refractivity contribution in [2.24, 2.45) is 0 Å². The van der Waals surface area contributed by atoms with E-state index in [2.05, 4.69) is 15.6 Å². The Labute approximate surface area is 162 Å². The molecule has 2 amide bonds. The van der Waals surface area contributed by atoms with Crippen LogP contribution in [0.15, 0.2) is 46.9 Å². The van der Waals surface area contributed by atoms with Gasteiger partial charge in [-0.05, 0) is 43.2 Å².